The summed E-state index contributed by atoms with van der Waals surface area (Å²) in [6.45, 7) is 2.78. The number of carbonyl (C=O) groups excluding carboxylic acids is 2. The van der Waals surface area contributed by atoms with Gasteiger partial charge in [-0.3, -0.25) is 14.5 Å². The normalized spacial score (nSPS) is 13.6. The number of hydrogen-bond donors (Lipinski definition) is 0. The van der Waals surface area contributed by atoms with Crippen molar-refractivity contribution >= 4 is 39.0 Å². The molecular formula is C54H72N2O2. The van der Waals surface area contributed by atoms with E-state index in [1.807, 2.05) is 26.2 Å². The van der Waals surface area contributed by atoms with E-state index in [0.717, 1.165) is 88.0 Å². The maximum Gasteiger partial charge on any atom is 0.262 e. The molecule has 310 valence electrons. The van der Waals surface area contributed by atoms with Crippen LogP contribution in [0.2, 0.25) is 0 Å². The minimum absolute atomic E-state index is 0.0989. The summed E-state index contributed by atoms with van der Waals surface area (Å²) in [7, 11) is 4.08. The standard InChI is InChI=1S/C54H72N2O2/c1-4-5-6-7-8-9-10-11-12-13-14-15-16-17-18-19-20-21-22-23-24-29-40-56-53(57)51-45-31-26-25-30-43(45)41-49-47(39-36-42-34-37-44(38-35-42)55(2)3)46-32-27-28-33-48(46)52(50(49)51)54(56)58/h27-28,32-35,37-38,41H,4-26,29-31,40H2,1-3H3. The van der Waals surface area contributed by atoms with Crippen LogP contribution in [0.15, 0.2) is 54.6 Å². The van der Waals surface area contributed by atoms with Gasteiger partial charge in [0, 0.05) is 42.8 Å². The summed E-state index contributed by atoms with van der Waals surface area (Å²) in [4.78, 5) is 32.7. The molecule has 0 spiro atoms. The maximum absolute atomic E-state index is 14.5. The zero-order valence-electron chi connectivity index (χ0n) is 36.5. The Hall–Kier alpha value is -4.10. The second-order valence-corrected chi connectivity index (χ2v) is 17.7. The van der Waals surface area contributed by atoms with Gasteiger partial charge in [-0.05, 0) is 89.7 Å². The molecule has 4 aromatic carbocycles. The molecule has 6 rings (SSSR count). The minimum Gasteiger partial charge on any atom is -0.378 e. The second-order valence-electron chi connectivity index (χ2n) is 17.7. The van der Waals surface area contributed by atoms with Crippen LogP contribution >= 0.6 is 0 Å². The van der Waals surface area contributed by atoms with Crippen molar-refractivity contribution in [2.45, 2.75) is 174 Å². The summed E-state index contributed by atoms with van der Waals surface area (Å²) >= 11 is 0. The number of nitrogens with zero attached hydrogens (tertiary/aromatic N) is 2. The van der Waals surface area contributed by atoms with Crippen LogP contribution in [0.25, 0.3) is 21.5 Å². The Balaban J connectivity index is 0.981. The van der Waals surface area contributed by atoms with Crippen LogP contribution in [0.1, 0.15) is 204 Å². The Morgan fingerprint density at radius 1 is 0.552 bits per heavy atom. The second kappa shape index (κ2) is 22.9. The van der Waals surface area contributed by atoms with Crippen molar-refractivity contribution in [2.75, 3.05) is 25.5 Å². The summed E-state index contributed by atoms with van der Waals surface area (Å²) in [5, 5.41) is 3.66. The molecule has 2 aliphatic rings. The molecule has 0 saturated heterocycles. The van der Waals surface area contributed by atoms with E-state index in [9.17, 15) is 9.59 Å². The molecule has 1 heterocycles. The van der Waals surface area contributed by atoms with Crippen molar-refractivity contribution in [2.24, 2.45) is 0 Å². The molecule has 4 nitrogen and oxygen atoms in total. The predicted molar refractivity (Wildman–Crippen MR) is 247 cm³/mol. The average molecular weight is 781 g/mol. The minimum atomic E-state index is -0.142. The number of benzene rings is 4. The van der Waals surface area contributed by atoms with E-state index in [1.54, 1.807) is 4.90 Å². The number of carbonyl (C=O) groups is 2. The third-order valence-corrected chi connectivity index (χ3v) is 13.0. The number of anilines is 1. The van der Waals surface area contributed by atoms with E-state index < -0.39 is 0 Å². The van der Waals surface area contributed by atoms with Crippen molar-refractivity contribution < 1.29 is 9.59 Å². The molecular weight excluding hydrogens is 709 g/mol. The highest BCUT2D eigenvalue weighted by molar-refractivity contribution is 6.32. The van der Waals surface area contributed by atoms with Gasteiger partial charge in [0.1, 0.15) is 0 Å². The van der Waals surface area contributed by atoms with Crippen LogP contribution in [0.3, 0.4) is 0 Å². The summed E-state index contributed by atoms with van der Waals surface area (Å²) in [5.74, 6) is 6.73. The molecule has 1 aliphatic carbocycles. The van der Waals surface area contributed by atoms with Crippen LogP contribution in [0.4, 0.5) is 5.69 Å². The van der Waals surface area contributed by atoms with E-state index in [1.165, 1.54) is 134 Å². The Morgan fingerprint density at radius 3 is 1.60 bits per heavy atom. The van der Waals surface area contributed by atoms with Crippen LogP contribution in [0, 0.1) is 11.8 Å². The number of rotatable bonds is 24. The molecule has 1 aliphatic heterocycles. The van der Waals surface area contributed by atoms with Gasteiger partial charge in [0.25, 0.3) is 11.8 Å². The van der Waals surface area contributed by atoms with Crippen molar-refractivity contribution in [3.05, 3.63) is 88.0 Å². The molecule has 0 unspecified atom stereocenters. The van der Waals surface area contributed by atoms with Crippen molar-refractivity contribution in [3.8, 4) is 11.8 Å². The molecule has 0 bridgehead atoms. The molecule has 0 fully saturated rings. The van der Waals surface area contributed by atoms with Crippen molar-refractivity contribution in [3.63, 3.8) is 0 Å². The van der Waals surface area contributed by atoms with Crippen molar-refractivity contribution in [1.82, 2.24) is 4.90 Å². The van der Waals surface area contributed by atoms with Crippen molar-refractivity contribution in [1.29, 1.82) is 0 Å². The molecule has 0 N–H and O–H groups in total. The average Bonchev–Trinajstić information content (AvgIpc) is 3.24. The molecule has 4 heteroatoms. The number of amides is 2. The molecule has 58 heavy (non-hydrogen) atoms. The molecule has 0 saturated carbocycles. The fourth-order valence-electron chi connectivity index (χ4n) is 9.58. The zero-order chi connectivity index (χ0) is 40.5. The number of hydrogen-bond acceptors (Lipinski definition) is 3. The van der Waals surface area contributed by atoms with Gasteiger partial charge >= 0.3 is 0 Å². The molecule has 0 aromatic heterocycles. The van der Waals surface area contributed by atoms with Gasteiger partial charge < -0.3 is 4.90 Å². The zero-order valence-corrected chi connectivity index (χ0v) is 36.5. The fraction of sp³-hybridized carbons (Fsp3) is 0.556. The summed E-state index contributed by atoms with van der Waals surface area (Å²) in [6.07, 6.45) is 33.7. The topological polar surface area (TPSA) is 40.6 Å². The summed E-state index contributed by atoms with van der Waals surface area (Å²) < 4.78 is 0. The monoisotopic (exact) mass is 781 g/mol. The van der Waals surface area contributed by atoms with Crippen LogP contribution in [-0.4, -0.2) is 37.4 Å². The highest BCUT2D eigenvalue weighted by Gasteiger charge is 2.37. The predicted octanol–water partition coefficient (Wildman–Crippen LogP) is 14.5. The Kier molecular flexibility index (Phi) is 17.2. The lowest BCUT2D eigenvalue weighted by Gasteiger charge is -2.32. The number of fused-ring (bicyclic) bond motifs is 4. The first-order chi connectivity index (χ1) is 28.5. The van der Waals surface area contributed by atoms with Gasteiger partial charge in [0.05, 0.1) is 11.1 Å². The van der Waals surface area contributed by atoms with Gasteiger partial charge in [-0.1, -0.05) is 178 Å². The van der Waals surface area contributed by atoms with Gasteiger partial charge in [0.2, 0.25) is 0 Å². The smallest absolute Gasteiger partial charge is 0.262 e. The lowest BCUT2D eigenvalue weighted by atomic mass is 9.79. The van der Waals surface area contributed by atoms with Crippen LogP contribution in [0.5, 0.6) is 0 Å². The lowest BCUT2D eigenvalue weighted by molar-refractivity contribution is 0.0608. The Bertz CT molecular complexity index is 2010. The van der Waals surface area contributed by atoms with E-state index in [2.05, 4.69) is 66.1 Å². The number of unbranched alkanes of at least 4 members (excludes halogenated alkanes) is 21. The Labute approximate surface area is 351 Å². The van der Waals surface area contributed by atoms with Gasteiger partial charge in [-0.2, -0.15) is 0 Å². The number of aryl methyl sites for hydroxylation is 1. The van der Waals surface area contributed by atoms with E-state index in [0.29, 0.717) is 12.1 Å². The van der Waals surface area contributed by atoms with E-state index >= 15 is 0 Å². The highest BCUT2D eigenvalue weighted by Crippen LogP contribution is 2.43. The van der Waals surface area contributed by atoms with Gasteiger partial charge in [0.15, 0.2) is 0 Å². The quantitative estimate of drug-likeness (QED) is 0.0308. The molecule has 2 amide bonds. The fourth-order valence-corrected chi connectivity index (χ4v) is 9.58. The lowest BCUT2D eigenvalue weighted by Crippen LogP contribution is -2.42. The number of imide groups is 1. The Morgan fingerprint density at radius 2 is 1.05 bits per heavy atom. The van der Waals surface area contributed by atoms with Crippen LogP contribution < -0.4 is 4.90 Å². The third kappa shape index (κ3) is 11.3. The largest absolute Gasteiger partial charge is 0.378 e. The first kappa shape index (κ1) is 43.5. The summed E-state index contributed by atoms with van der Waals surface area (Å²) in [5.41, 5.74) is 6.85. The van der Waals surface area contributed by atoms with Gasteiger partial charge in [-0.25, -0.2) is 0 Å². The van der Waals surface area contributed by atoms with Gasteiger partial charge in [-0.15, -0.1) is 0 Å². The first-order valence-electron chi connectivity index (χ1n) is 23.7. The third-order valence-electron chi connectivity index (χ3n) is 13.0. The molecule has 0 radical (unpaired) electrons. The maximum atomic E-state index is 14.5. The molecule has 0 atom stereocenters. The van der Waals surface area contributed by atoms with Crippen LogP contribution in [-0.2, 0) is 12.8 Å². The SMILES string of the molecule is CCCCCCCCCCCCCCCCCCCCCCCCN1C(=O)c2c3c(cc4c(C#Cc5ccc(N(C)C)cc5)c5ccccc5c(c24)C1=O)CCCC3. The van der Waals surface area contributed by atoms with E-state index in [-0.39, 0.29) is 11.8 Å². The highest BCUT2D eigenvalue weighted by atomic mass is 16.2. The van der Waals surface area contributed by atoms with E-state index in [4.69, 9.17) is 0 Å². The summed E-state index contributed by atoms with van der Waals surface area (Å²) in [6, 6.07) is 18.7. The first-order valence-corrected chi connectivity index (χ1v) is 23.7. The molecule has 4 aromatic rings.